The van der Waals surface area contributed by atoms with Crippen LogP contribution in [0.5, 0.6) is 23.0 Å². The quantitative estimate of drug-likeness (QED) is 0.274. The lowest BCUT2D eigenvalue weighted by molar-refractivity contribution is 0.203. The van der Waals surface area contributed by atoms with Gasteiger partial charge in [0.05, 0.1) is 33.5 Å². The molecule has 0 saturated carbocycles. The molecule has 37 heavy (non-hydrogen) atoms. The average molecular weight is 530 g/mol. The van der Waals surface area contributed by atoms with Gasteiger partial charge in [-0.25, -0.2) is 4.98 Å². The number of methoxy groups -OCH3 is 3. The zero-order valence-electron chi connectivity index (χ0n) is 23.4. The first kappa shape index (κ1) is 28.3. The molecule has 0 spiro atoms. The van der Waals surface area contributed by atoms with Crippen molar-refractivity contribution in [3.63, 3.8) is 0 Å². The predicted molar refractivity (Wildman–Crippen MR) is 149 cm³/mol. The fraction of sp³-hybridized carbons (Fsp3) is 0.481. The Morgan fingerprint density at radius 1 is 1.00 bits per heavy atom. The summed E-state index contributed by atoms with van der Waals surface area (Å²) in [6.07, 6.45) is 0. The first-order valence-electron chi connectivity index (χ1n) is 12.2. The van der Waals surface area contributed by atoms with E-state index in [-0.39, 0.29) is 16.3 Å². The van der Waals surface area contributed by atoms with Gasteiger partial charge in [-0.3, -0.25) is 9.78 Å². The average Bonchev–Trinajstić information content (AvgIpc) is 2.84. The molecule has 0 unspecified atom stereocenters. The lowest BCUT2D eigenvalue weighted by Crippen LogP contribution is -2.41. The minimum Gasteiger partial charge on any atom is -0.493 e. The normalized spacial score (nSPS) is 11.9. The van der Waals surface area contributed by atoms with Crippen LogP contribution in [0.4, 0.5) is 5.95 Å². The Bertz CT molecular complexity index is 1290. The summed E-state index contributed by atoms with van der Waals surface area (Å²) in [6, 6.07) is 9.54. The van der Waals surface area contributed by atoms with Gasteiger partial charge in [0, 0.05) is 19.7 Å². The Labute approximate surface area is 219 Å². The van der Waals surface area contributed by atoms with Gasteiger partial charge in [0.2, 0.25) is 11.7 Å². The van der Waals surface area contributed by atoms with Crippen molar-refractivity contribution in [2.45, 2.75) is 45.4 Å². The van der Waals surface area contributed by atoms with Crippen molar-refractivity contribution in [3.05, 3.63) is 46.2 Å². The standard InChI is InChI=1S/C27H39N3O6Si/c1-27(2,3)37(8,9)36-14-13-35-19-12-10-11-18(15-19)17-30(4)26-28-20-16-21(32-5)23(33-6)24(34-7)22(20)25(31)29-26/h10-12,15-16H,13-14,17H2,1-9H3,(H,28,29,31). The van der Waals surface area contributed by atoms with E-state index in [4.69, 9.17) is 23.4 Å². The van der Waals surface area contributed by atoms with E-state index in [0.29, 0.717) is 48.1 Å². The SMILES string of the molecule is COc1cc2nc(N(C)Cc3cccc(OCCO[Si](C)(C)C(C)(C)C)c3)[nH]c(=O)c2c(OC)c1OC. The fourth-order valence-electron chi connectivity index (χ4n) is 3.69. The Morgan fingerprint density at radius 2 is 1.70 bits per heavy atom. The van der Waals surface area contributed by atoms with E-state index in [1.54, 1.807) is 6.07 Å². The highest BCUT2D eigenvalue weighted by Gasteiger charge is 2.36. The van der Waals surface area contributed by atoms with Crippen LogP contribution in [0.25, 0.3) is 10.9 Å². The molecule has 1 N–H and O–H groups in total. The van der Waals surface area contributed by atoms with Crippen molar-refractivity contribution >= 4 is 25.2 Å². The monoisotopic (exact) mass is 529 g/mol. The highest BCUT2D eigenvalue weighted by Crippen LogP contribution is 2.41. The van der Waals surface area contributed by atoms with Crippen LogP contribution in [0.2, 0.25) is 18.1 Å². The summed E-state index contributed by atoms with van der Waals surface area (Å²) in [5.74, 6) is 2.24. The maximum atomic E-state index is 13.0. The topological polar surface area (TPSA) is 95.1 Å². The number of H-pyrrole nitrogens is 1. The Morgan fingerprint density at radius 3 is 2.32 bits per heavy atom. The van der Waals surface area contributed by atoms with E-state index in [1.165, 1.54) is 21.3 Å². The van der Waals surface area contributed by atoms with Crippen molar-refractivity contribution < 1.29 is 23.4 Å². The number of nitrogens with zero attached hydrogens (tertiary/aromatic N) is 2. The van der Waals surface area contributed by atoms with Crippen molar-refractivity contribution in [1.82, 2.24) is 9.97 Å². The van der Waals surface area contributed by atoms with Gasteiger partial charge in [0.15, 0.2) is 19.8 Å². The molecule has 0 atom stereocenters. The molecule has 1 heterocycles. The Hall–Kier alpha value is -3.24. The molecular weight excluding hydrogens is 490 g/mol. The maximum absolute atomic E-state index is 13.0. The first-order chi connectivity index (χ1) is 17.4. The van der Waals surface area contributed by atoms with Gasteiger partial charge >= 0.3 is 0 Å². The number of rotatable bonds is 11. The minimum atomic E-state index is -1.80. The van der Waals surface area contributed by atoms with Gasteiger partial charge in [-0.05, 0) is 35.8 Å². The molecule has 0 aliphatic heterocycles. The Kier molecular flexibility index (Phi) is 8.75. The third-order valence-corrected chi connectivity index (χ3v) is 11.3. The van der Waals surface area contributed by atoms with Crippen LogP contribution in [0.1, 0.15) is 26.3 Å². The molecule has 202 valence electrons. The number of hydrogen-bond donors (Lipinski definition) is 1. The van der Waals surface area contributed by atoms with Crippen LogP contribution in [-0.4, -0.2) is 59.9 Å². The number of hydrogen-bond acceptors (Lipinski definition) is 8. The number of anilines is 1. The minimum absolute atomic E-state index is 0.164. The third kappa shape index (κ3) is 6.37. The molecule has 0 amide bonds. The van der Waals surface area contributed by atoms with Gasteiger partial charge in [-0.2, -0.15) is 0 Å². The zero-order valence-corrected chi connectivity index (χ0v) is 24.4. The van der Waals surface area contributed by atoms with Crippen LogP contribution < -0.4 is 29.4 Å². The van der Waals surface area contributed by atoms with E-state index in [0.717, 1.165) is 11.3 Å². The molecule has 0 aliphatic carbocycles. The van der Waals surface area contributed by atoms with Gasteiger partial charge in [0.25, 0.3) is 5.56 Å². The molecule has 0 aliphatic rings. The second-order valence-electron chi connectivity index (χ2n) is 10.4. The molecule has 10 heteroatoms. The molecule has 1 aromatic heterocycles. The summed E-state index contributed by atoms with van der Waals surface area (Å²) in [5.41, 5.74) is 1.13. The second-order valence-corrected chi connectivity index (χ2v) is 15.2. The van der Waals surface area contributed by atoms with E-state index in [2.05, 4.69) is 43.8 Å². The number of aromatic nitrogens is 2. The Balaban J connectivity index is 1.75. The van der Waals surface area contributed by atoms with Gasteiger partial charge in [-0.15, -0.1) is 0 Å². The molecule has 0 radical (unpaired) electrons. The largest absolute Gasteiger partial charge is 0.493 e. The molecule has 0 fully saturated rings. The van der Waals surface area contributed by atoms with Crippen LogP contribution in [0.15, 0.2) is 35.1 Å². The van der Waals surface area contributed by atoms with Crippen molar-refractivity contribution in [2.24, 2.45) is 0 Å². The number of aromatic amines is 1. The molecule has 2 aromatic carbocycles. The lowest BCUT2D eigenvalue weighted by Gasteiger charge is -2.36. The van der Waals surface area contributed by atoms with E-state index >= 15 is 0 Å². The first-order valence-corrected chi connectivity index (χ1v) is 15.1. The fourth-order valence-corrected chi connectivity index (χ4v) is 4.72. The highest BCUT2D eigenvalue weighted by molar-refractivity contribution is 6.74. The number of nitrogens with one attached hydrogen (secondary N) is 1. The van der Waals surface area contributed by atoms with E-state index < -0.39 is 8.32 Å². The van der Waals surface area contributed by atoms with Crippen LogP contribution in [0.3, 0.4) is 0 Å². The number of ether oxygens (including phenoxy) is 4. The van der Waals surface area contributed by atoms with Gasteiger partial charge < -0.3 is 28.3 Å². The lowest BCUT2D eigenvalue weighted by atomic mass is 10.2. The van der Waals surface area contributed by atoms with Crippen LogP contribution >= 0.6 is 0 Å². The molecule has 3 aromatic rings. The summed E-state index contributed by atoms with van der Waals surface area (Å²) in [7, 11) is 4.56. The molecule has 0 saturated heterocycles. The predicted octanol–water partition coefficient (Wildman–Crippen LogP) is 4.99. The van der Waals surface area contributed by atoms with Gasteiger partial charge in [0.1, 0.15) is 17.7 Å². The summed E-state index contributed by atoms with van der Waals surface area (Å²) in [4.78, 5) is 22.4. The summed E-state index contributed by atoms with van der Waals surface area (Å²) in [5, 5.41) is 0.463. The number of benzene rings is 2. The third-order valence-electron chi connectivity index (χ3n) is 6.79. The van der Waals surface area contributed by atoms with E-state index in [9.17, 15) is 4.79 Å². The van der Waals surface area contributed by atoms with Crippen molar-refractivity contribution in [1.29, 1.82) is 0 Å². The maximum Gasteiger partial charge on any atom is 0.264 e. The highest BCUT2D eigenvalue weighted by atomic mass is 28.4. The van der Waals surface area contributed by atoms with Crippen LogP contribution in [-0.2, 0) is 11.0 Å². The molecule has 0 bridgehead atoms. The van der Waals surface area contributed by atoms with Crippen molar-refractivity contribution in [3.8, 4) is 23.0 Å². The summed E-state index contributed by atoms with van der Waals surface area (Å²) in [6.45, 7) is 12.7. The smallest absolute Gasteiger partial charge is 0.264 e. The van der Waals surface area contributed by atoms with E-state index in [1.807, 2.05) is 36.2 Å². The van der Waals surface area contributed by atoms with Crippen LogP contribution in [0, 0.1) is 0 Å². The molecule has 3 rings (SSSR count). The zero-order chi connectivity index (χ0) is 27.4. The summed E-state index contributed by atoms with van der Waals surface area (Å²) >= 11 is 0. The second kappa shape index (κ2) is 11.4. The van der Waals surface area contributed by atoms with Crippen molar-refractivity contribution in [2.75, 3.05) is 46.5 Å². The number of fused-ring (bicyclic) bond motifs is 1. The molecular formula is C27H39N3O6Si. The summed E-state index contributed by atoms with van der Waals surface area (Å²) < 4.78 is 28.4. The van der Waals surface area contributed by atoms with Gasteiger partial charge in [-0.1, -0.05) is 32.9 Å². The molecule has 9 nitrogen and oxygen atoms in total.